The van der Waals surface area contributed by atoms with Gasteiger partial charge < -0.3 is 22.1 Å². The number of amides is 1. The van der Waals surface area contributed by atoms with Gasteiger partial charge in [-0.1, -0.05) is 66.2 Å². The second-order valence-electron chi connectivity index (χ2n) is 11.2. The number of nitrogens with two attached hydrogens (primary N) is 3. The molecule has 3 atom stereocenters. The first kappa shape index (κ1) is 28.6. The van der Waals surface area contributed by atoms with Crippen molar-refractivity contribution in [3.05, 3.63) is 82.9 Å². The summed E-state index contributed by atoms with van der Waals surface area (Å²) in [6.07, 6.45) is 3.00. The van der Waals surface area contributed by atoms with Crippen LogP contribution < -0.4 is 17.2 Å². The van der Waals surface area contributed by atoms with Gasteiger partial charge in [0.1, 0.15) is 0 Å². The van der Waals surface area contributed by atoms with Crippen LogP contribution in [0.3, 0.4) is 0 Å². The highest BCUT2D eigenvalue weighted by molar-refractivity contribution is 5.85. The largest absolute Gasteiger partial charge is 0.370 e. The summed E-state index contributed by atoms with van der Waals surface area (Å²) >= 11 is 0. The van der Waals surface area contributed by atoms with E-state index >= 15 is 0 Å². The summed E-state index contributed by atoms with van der Waals surface area (Å²) in [6, 6.07) is 21.5. The Hall–Kier alpha value is -3.42. The number of piperazine rings is 1. The Balaban J connectivity index is 1.44. The molecule has 0 radical (unpaired) electrons. The topological polar surface area (TPSA) is 114 Å². The van der Waals surface area contributed by atoms with Gasteiger partial charge in [0.15, 0.2) is 5.96 Å². The average Bonchev–Trinajstić information content (AvgIpc) is 2.89. The lowest BCUT2D eigenvalue weighted by atomic mass is 9.97. The van der Waals surface area contributed by atoms with E-state index < -0.39 is 0 Å². The van der Waals surface area contributed by atoms with Gasteiger partial charge in [-0.05, 0) is 67.5 Å². The van der Waals surface area contributed by atoms with Crippen molar-refractivity contribution in [2.24, 2.45) is 22.2 Å². The molecule has 0 saturated carbocycles. The molecule has 1 unspecified atom stereocenters. The first-order valence-electron chi connectivity index (χ1n) is 14.1. The van der Waals surface area contributed by atoms with E-state index in [0.29, 0.717) is 19.5 Å². The SMILES string of the molecule is Cc1ccc(C[C@H](N)CN2C[C@@H](C)N(C(=O)Cc3ccc4ccccc4c3)CC2CCCN=C(N)N)c(C)c1. The maximum atomic E-state index is 13.5. The van der Waals surface area contributed by atoms with Crippen LogP contribution >= 0.6 is 0 Å². The predicted octanol–water partition coefficient (Wildman–Crippen LogP) is 3.52. The molecule has 3 aromatic carbocycles. The van der Waals surface area contributed by atoms with Gasteiger partial charge in [0.05, 0.1) is 6.42 Å². The molecule has 1 amide bonds. The second-order valence-corrected chi connectivity index (χ2v) is 11.2. The van der Waals surface area contributed by atoms with E-state index in [1.165, 1.54) is 22.1 Å². The molecule has 4 rings (SSSR count). The van der Waals surface area contributed by atoms with E-state index in [2.05, 4.69) is 84.1 Å². The number of guanidine groups is 1. The fraction of sp³-hybridized carbons (Fsp3) is 0.438. The zero-order valence-corrected chi connectivity index (χ0v) is 23.6. The van der Waals surface area contributed by atoms with Gasteiger partial charge in [-0.25, -0.2) is 0 Å². The normalized spacial score (nSPS) is 18.7. The molecule has 6 N–H and O–H groups in total. The molecule has 0 bridgehead atoms. The van der Waals surface area contributed by atoms with Gasteiger partial charge in [-0.2, -0.15) is 0 Å². The number of aliphatic imine (C=N–C) groups is 1. The molecular weight excluding hydrogens is 484 g/mol. The van der Waals surface area contributed by atoms with Crippen molar-refractivity contribution < 1.29 is 4.79 Å². The molecular formula is C32H44N6O. The first-order chi connectivity index (χ1) is 18.7. The number of aryl methyl sites for hydroxylation is 2. The highest BCUT2D eigenvalue weighted by atomic mass is 16.2. The number of nitrogens with zero attached hydrogens (tertiary/aromatic N) is 3. The summed E-state index contributed by atoms with van der Waals surface area (Å²) in [6.45, 7) is 9.29. The van der Waals surface area contributed by atoms with Crippen molar-refractivity contribution >= 4 is 22.6 Å². The van der Waals surface area contributed by atoms with Crippen molar-refractivity contribution in [3.8, 4) is 0 Å². The summed E-state index contributed by atoms with van der Waals surface area (Å²) in [5.74, 6) is 0.290. The Labute approximate surface area is 233 Å². The summed E-state index contributed by atoms with van der Waals surface area (Å²) in [5, 5.41) is 2.35. The van der Waals surface area contributed by atoms with Crippen LogP contribution in [0, 0.1) is 13.8 Å². The van der Waals surface area contributed by atoms with Crippen LogP contribution in [-0.2, 0) is 17.6 Å². The molecule has 1 aliphatic heterocycles. The van der Waals surface area contributed by atoms with Crippen molar-refractivity contribution in [2.45, 2.75) is 64.6 Å². The maximum absolute atomic E-state index is 13.5. The molecule has 7 nitrogen and oxygen atoms in total. The Kier molecular flexibility index (Phi) is 9.59. The van der Waals surface area contributed by atoms with Gasteiger partial charge in [0, 0.05) is 44.3 Å². The summed E-state index contributed by atoms with van der Waals surface area (Å²) in [5.41, 5.74) is 22.7. The van der Waals surface area contributed by atoms with Gasteiger partial charge in [-0.15, -0.1) is 0 Å². The molecule has 3 aromatic rings. The van der Waals surface area contributed by atoms with E-state index in [4.69, 9.17) is 17.2 Å². The highest BCUT2D eigenvalue weighted by Crippen LogP contribution is 2.23. The van der Waals surface area contributed by atoms with Crippen LogP contribution in [0.4, 0.5) is 0 Å². The van der Waals surface area contributed by atoms with Crippen LogP contribution in [0.2, 0.25) is 0 Å². The zero-order valence-electron chi connectivity index (χ0n) is 23.6. The minimum Gasteiger partial charge on any atom is -0.370 e. The van der Waals surface area contributed by atoms with Gasteiger partial charge in [0.2, 0.25) is 5.91 Å². The lowest BCUT2D eigenvalue weighted by molar-refractivity contribution is -0.136. The lowest BCUT2D eigenvalue weighted by Gasteiger charge is -2.46. The van der Waals surface area contributed by atoms with Crippen LogP contribution in [0.5, 0.6) is 0 Å². The quantitative estimate of drug-likeness (QED) is 0.212. The standard InChI is InChI=1S/C32H44N6O/c1-22-10-12-27(23(2)15-22)18-29(33)20-37-19-24(3)38(21-30(37)9-6-14-36-32(34)35)31(39)17-25-11-13-26-7-4-5-8-28(26)16-25/h4-5,7-8,10-13,15-16,24,29-30H,6,9,14,17-21,33H2,1-3H3,(H4,34,35,36)/t24-,29+,30?/m1/s1. The van der Waals surface area contributed by atoms with E-state index in [1.54, 1.807) is 0 Å². The van der Waals surface area contributed by atoms with E-state index in [0.717, 1.165) is 43.3 Å². The van der Waals surface area contributed by atoms with Crippen molar-refractivity contribution in [1.29, 1.82) is 0 Å². The Morgan fingerprint density at radius 2 is 1.79 bits per heavy atom. The van der Waals surface area contributed by atoms with E-state index in [9.17, 15) is 4.79 Å². The van der Waals surface area contributed by atoms with E-state index in [-0.39, 0.29) is 30.0 Å². The van der Waals surface area contributed by atoms with Crippen LogP contribution in [-0.4, -0.2) is 66.0 Å². The Morgan fingerprint density at radius 1 is 1.03 bits per heavy atom. The molecule has 208 valence electrons. The molecule has 0 aromatic heterocycles. The van der Waals surface area contributed by atoms with Gasteiger partial charge in [0.25, 0.3) is 0 Å². The van der Waals surface area contributed by atoms with Crippen LogP contribution in [0.15, 0.2) is 65.7 Å². The van der Waals surface area contributed by atoms with E-state index in [1.807, 2.05) is 12.1 Å². The molecule has 0 aliphatic carbocycles. The Bertz CT molecular complexity index is 1300. The molecule has 1 heterocycles. The monoisotopic (exact) mass is 528 g/mol. The molecule has 1 saturated heterocycles. The zero-order chi connectivity index (χ0) is 27.9. The van der Waals surface area contributed by atoms with Crippen LogP contribution in [0.25, 0.3) is 10.8 Å². The van der Waals surface area contributed by atoms with Crippen molar-refractivity contribution in [2.75, 3.05) is 26.2 Å². The predicted molar refractivity (Wildman–Crippen MR) is 162 cm³/mol. The highest BCUT2D eigenvalue weighted by Gasteiger charge is 2.34. The minimum atomic E-state index is 0.0127. The third-order valence-electron chi connectivity index (χ3n) is 7.88. The molecule has 1 fully saturated rings. The number of hydrogen-bond acceptors (Lipinski definition) is 4. The number of benzene rings is 3. The molecule has 1 aliphatic rings. The fourth-order valence-corrected chi connectivity index (χ4v) is 5.84. The second kappa shape index (κ2) is 13.1. The van der Waals surface area contributed by atoms with Gasteiger partial charge in [-0.3, -0.25) is 14.7 Å². The molecule has 39 heavy (non-hydrogen) atoms. The molecule has 0 spiro atoms. The van der Waals surface area contributed by atoms with Gasteiger partial charge >= 0.3 is 0 Å². The number of carbonyl (C=O) groups is 1. The average molecular weight is 529 g/mol. The Morgan fingerprint density at radius 3 is 2.54 bits per heavy atom. The van der Waals surface area contributed by atoms with Crippen molar-refractivity contribution in [1.82, 2.24) is 9.80 Å². The summed E-state index contributed by atoms with van der Waals surface area (Å²) in [7, 11) is 0. The number of hydrogen-bond donors (Lipinski definition) is 3. The maximum Gasteiger partial charge on any atom is 0.227 e. The smallest absolute Gasteiger partial charge is 0.227 e. The third kappa shape index (κ3) is 7.80. The van der Waals surface area contributed by atoms with Crippen LogP contribution in [0.1, 0.15) is 42.0 Å². The summed E-state index contributed by atoms with van der Waals surface area (Å²) in [4.78, 5) is 22.2. The molecule has 7 heteroatoms. The number of rotatable bonds is 10. The number of fused-ring (bicyclic) bond motifs is 1. The van der Waals surface area contributed by atoms with Crippen molar-refractivity contribution in [3.63, 3.8) is 0 Å². The fourth-order valence-electron chi connectivity index (χ4n) is 5.84. The minimum absolute atomic E-state index is 0.0127. The summed E-state index contributed by atoms with van der Waals surface area (Å²) < 4.78 is 0. The lowest BCUT2D eigenvalue weighted by Crippen LogP contribution is -2.61. The first-order valence-corrected chi connectivity index (χ1v) is 14.1. The number of carbonyl (C=O) groups excluding carboxylic acids is 1. The third-order valence-corrected chi connectivity index (χ3v) is 7.88.